The maximum Gasteiger partial charge on any atom is 0.508 e. The summed E-state index contributed by atoms with van der Waals surface area (Å²) in [6.07, 6.45) is 5.65. The SMILES string of the molecule is CCCCCCC(C)[P+](=O)O.[Fe]. The third-order valence-corrected chi connectivity index (χ3v) is 2.86. The van der Waals surface area contributed by atoms with Crippen molar-refractivity contribution < 1.29 is 26.5 Å². The minimum absolute atomic E-state index is 0. The molecule has 0 aliphatic rings. The van der Waals surface area contributed by atoms with Gasteiger partial charge >= 0.3 is 8.03 Å². The molecule has 0 spiro atoms. The fourth-order valence-electron chi connectivity index (χ4n) is 0.977. The van der Waals surface area contributed by atoms with E-state index in [0.29, 0.717) is 0 Å². The van der Waals surface area contributed by atoms with Gasteiger partial charge in [-0.3, -0.25) is 0 Å². The predicted molar refractivity (Wildman–Crippen MR) is 48.0 cm³/mol. The third kappa shape index (κ3) is 8.67. The molecule has 12 heavy (non-hydrogen) atoms. The van der Waals surface area contributed by atoms with Crippen LogP contribution in [0.25, 0.3) is 0 Å². The van der Waals surface area contributed by atoms with Crippen LogP contribution in [-0.2, 0) is 21.6 Å². The summed E-state index contributed by atoms with van der Waals surface area (Å²) in [5.41, 5.74) is -0.0122. The van der Waals surface area contributed by atoms with Gasteiger partial charge in [-0.15, -0.1) is 0 Å². The van der Waals surface area contributed by atoms with Crippen LogP contribution in [0.2, 0.25) is 0 Å². The van der Waals surface area contributed by atoms with E-state index in [1.165, 1.54) is 19.3 Å². The van der Waals surface area contributed by atoms with E-state index in [1.54, 1.807) is 0 Å². The molecule has 0 bridgehead atoms. The normalized spacial score (nSPS) is 13.4. The molecule has 0 rings (SSSR count). The largest absolute Gasteiger partial charge is 0.508 e. The van der Waals surface area contributed by atoms with Gasteiger partial charge in [0.15, 0.2) is 5.66 Å². The molecule has 1 N–H and O–H groups in total. The summed E-state index contributed by atoms with van der Waals surface area (Å²) in [5, 5.41) is 0. The summed E-state index contributed by atoms with van der Waals surface area (Å²) in [6.45, 7) is 4.00. The van der Waals surface area contributed by atoms with Crippen molar-refractivity contribution in [3.63, 3.8) is 0 Å². The molecule has 0 aliphatic carbocycles. The van der Waals surface area contributed by atoms with Gasteiger partial charge in [0.05, 0.1) is 0 Å². The van der Waals surface area contributed by atoms with Crippen LogP contribution in [0.4, 0.5) is 0 Å². The molecule has 2 nitrogen and oxygen atoms in total. The summed E-state index contributed by atoms with van der Waals surface area (Å²) < 4.78 is 10.5. The Hall–Kier alpha value is 0.579. The average Bonchev–Trinajstić information content (AvgIpc) is 1.97. The molecular weight excluding hydrogens is 215 g/mol. The Kier molecular flexibility index (Phi) is 12.1. The van der Waals surface area contributed by atoms with Crippen LogP contribution in [0, 0.1) is 0 Å². The van der Waals surface area contributed by atoms with Crippen molar-refractivity contribution in [2.75, 3.05) is 0 Å². The molecule has 74 valence electrons. The molecule has 4 heteroatoms. The van der Waals surface area contributed by atoms with Crippen molar-refractivity contribution in [3.8, 4) is 0 Å². The Labute approximate surface area is 86.5 Å². The number of hydrogen-bond acceptors (Lipinski definition) is 1. The standard InChI is InChI=1S/C8H17O2P.Fe/c1-3-4-5-6-7-8(2)11(9)10;/h8H,3-7H2,1-2H3;/p+1. The van der Waals surface area contributed by atoms with Gasteiger partial charge in [-0.2, -0.15) is 4.89 Å². The van der Waals surface area contributed by atoms with Gasteiger partial charge in [0, 0.05) is 17.1 Å². The second-order valence-corrected chi connectivity index (χ2v) is 4.49. The van der Waals surface area contributed by atoms with Crippen molar-refractivity contribution >= 4 is 8.03 Å². The monoisotopic (exact) mass is 233 g/mol. The Balaban J connectivity index is 0. The minimum Gasteiger partial charge on any atom is -0.161 e. The molecule has 0 aliphatic heterocycles. The summed E-state index contributed by atoms with van der Waals surface area (Å²) in [4.78, 5) is 8.69. The van der Waals surface area contributed by atoms with Crippen LogP contribution >= 0.6 is 8.03 Å². The predicted octanol–water partition coefficient (Wildman–Crippen LogP) is 3.08. The van der Waals surface area contributed by atoms with Crippen LogP contribution in [0.15, 0.2) is 0 Å². The molecule has 2 atom stereocenters. The first-order chi connectivity index (χ1) is 5.18. The maximum atomic E-state index is 10.5. The summed E-state index contributed by atoms with van der Waals surface area (Å²) in [7, 11) is -1.93. The number of rotatable bonds is 6. The number of hydrogen-bond donors (Lipinski definition) is 1. The van der Waals surface area contributed by atoms with Gasteiger partial charge in [-0.25, -0.2) is 0 Å². The zero-order valence-electron chi connectivity index (χ0n) is 7.77. The first-order valence-electron chi connectivity index (χ1n) is 4.33. The fraction of sp³-hybridized carbons (Fsp3) is 1.00. The first-order valence-corrected chi connectivity index (χ1v) is 5.62. The van der Waals surface area contributed by atoms with Gasteiger partial charge in [0.1, 0.15) is 0 Å². The van der Waals surface area contributed by atoms with Crippen molar-refractivity contribution in [2.45, 2.75) is 51.6 Å². The average molecular weight is 233 g/mol. The first kappa shape index (κ1) is 15.1. The summed E-state index contributed by atoms with van der Waals surface area (Å²) in [6, 6.07) is 0. The second kappa shape index (κ2) is 9.67. The van der Waals surface area contributed by atoms with E-state index >= 15 is 0 Å². The van der Waals surface area contributed by atoms with Crippen LogP contribution in [-0.4, -0.2) is 10.6 Å². The minimum atomic E-state index is -1.93. The molecule has 0 heterocycles. The summed E-state index contributed by atoms with van der Waals surface area (Å²) >= 11 is 0. The van der Waals surface area contributed by atoms with E-state index in [1.807, 2.05) is 6.92 Å². The van der Waals surface area contributed by atoms with Crippen molar-refractivity contribution in [1.82, 2.24) is 0 Å². The van der Waals surface area contributed by atoms with Gasteiger partial charge in [-0.1, -0.05) is 26.2 Å². The molecule has 0 saturated heterocycles. The topological polar surface area (TPSA) is 37.3 Å². The van der Waals surface area contributed by atoms with E-state index < -0.39 is 8.03 Å². The van der Waals surface area contributed by atoms with Crippen LogP contribution < -0.4 is 0 Å². The van der Waals surface area contributed by atoms with E-state index in [0.717, 1.165) is 12.8 Å². The maximum absolute atomic E-state index is 10.5. The molecule has 0 aromatic carbocycles. The molecule has 0 aromatic rings. The Bertz CT molecular complexity index is 120. The van der Waals surface area contributed by atoms with E-state index in [2.05, 4.69) is 6.92 Å². The van der Waals surface area contributed by atoms with Crippen molar-refractivity contribution in [3.05, 3.63) is 0 Å². The molecule has 0 radical (unpaired) electrons. The van der Waals surface area contributed by atoms with Crippen molar-refractivity contribution in [1.29, 1.82) is 0 Å². The quantitative estimate of drug-likeness (QED) is 0.434. The molecule has 0 fully saturated rings. The van der Waals surface area contributed by atoms with Gasteiger partial charge in [-0.05, 0) is 24.3 Å². The van der Waals surface area contributed by atoms with Crippen LogP contribution in [0.3, 0.4) is 0 Å². The number of unbranched alkanes of at least 4 members (excludes halogenated alkanes) is 3. The molecule has 0 aromatic heterocycles. The summed E-state index contributed by atoms with van der Waals surface area (Å²) in [5.74, 6) is 0. The zero-order valence-corrected chi connectivity index (χ0v) is 9.77. The third-order valence-electron chi connectivity index (χ3n) is 1.85. The Morgan fingerprint density at radius 2 is 1.92 bits per heavy atom. The molecular formula is C8H18FeO2P+. The molecule has 0 amide bonds. The van der Waals surface area contributed by atoms with Crippen molar-refractivity contribution in [2.24, 2.45) is 0 Å². The molecule has 2 unspecified atom stereocenters. The van der Waals surface area contributed by atoms with Gasteiger partial charge in [0.25, 0.3) is 0 Å². The van der Waals surface area contributed by atoms with Crippen LogP contribution in [0.1, 0.15) is 46.0 Å². The van der Waals surface area contributed by atoms with Gasteiger partial charge < -0.3 is 0 Å². The molecule has 0 saturated carbocycles. The Morgan fingerprint density at radius 1 is 1.33 bits per heavy atom. The zero-order chi connectivity index (χ0) is 8.69. The van der Waals surface area contributed by atoms with E-state index in [4.69, 9.17) is 4.89 Å². The Morgan fingerprint density at radius 3 is 2.33 bits per heavy atom. The smallest absolute Gasteiger partial charge is 0.161 e. The van der Waals surface area contributed by atoms with Gasteiger partial charge in [0.2, 0.25) is 0 Å². The van der Waals surface area contributed by atoms with E-state index in [9.17, 15) is 4.57 Å². The fourth-order valence-corrected chi connectivity index (χ4v) is 1.38. The van der Waals surface area contributed by atoms with E-state index in [-0.39, 0.29) is 22.7 Å². The second-order valence-electron chi connectivity index (χ2n) is 3.00. The van der Waals surface area contributed by atoms with Crippen LogP contribution in [0.5, 0.6) is 0 Å².